The number of carbonyl (C=O) groups excluding carboxylic acids is 3. The van der Waals surface area contributed by atoms with Crippen molar-refractivity contribution in [2.75, 3.05) is 47.5 Å². The number of carboxylic acids is 1. The van der Waals surface area contributed by atoms with Gasteiger partial charge in [-0.2, -0.15) is 0 Å². The smallest absolute Gasteiger partial charge is 0.306 e. The molecule has 61 heavy (non-hydrogen) atoms. The van der Waals surface area contributed by atoms with Gasteiger partial charge in [-0.3, -0.25) is 9.59 Å². The minimum absolute atomic E-state index is 0.135. The van der Waals surface area contributed by atoms with E-state index in [-0.39, 0.29) is 38.6 Å². The molecule has 0 aromatic heterocycles. The van der Waals surface area contributed by atoms with E-state index >= 15 is 0 Å². The van der Waals surface area contributed by atoms with Crippen LogP contribution in [0.3, 0.4) is 0 Å². The molecule has 2 atom stereocenters. The summed E-state index contributed by atoms with van der Waals surface area (Å²) < 4.78 is 22.5. The number of ether oxygens (including phenoxy) is 4. The Hall–Kier alpha value is -3.53. The number of unbranched alkanes of at least 4 members (excludes halogenated alkanes) is 13. The molecule has 9 heteroatoms. The molecule has 0 aliphatic rings. The van der Waals surface area contributed by atoms with Crippen molar-refractivity contribution in [3.8, 4) is 0 Å². The minimum Gasteiger partial charge on any atom is -0.545 e. The predicted molar refractivity (Wildman–Crippen MR) is 251 cm³/mol. The van der Waals surface area contributed by atoms with Crippen molar-refractivity contribution in [2.24, 2.45) is 0 Å². The first-order chi connectivity index (χ1) is 29.6. The lowest BCUT2D eigenvalue weighted by Crippen LogP contribution is -2.44. The van der Waals surface area contributed by atoms with Gasteiger partial charge in [0.25, 0.3) is 0 Å². The summed E-state index contributed by atoms with van der Waals surface area (Å²) in [5.74, 6) is -2.35. The van der Waals surface area contributed by atoms with E-state index in [0.717, 1.165) is 89.9 Å². The number of likely N-dealkylation sites (N-methyl/N-ethyl adjacent to an activating group) is 1. The highest BCUT2D eigenvalue weighted by molar-refractivity contribution is 5.70. The van der Waals surface area contributed by atoms with Gasteiger partial charge < -0.3 is 33.3 Å². The molecule has 0 amide bonds. The van der Waals surface area contributed by atoms with Gasteiger partial charge in [0.15, 0.2) is 12.4 Å². The van der Waals surface area contributed by atoms with E-state index < -0.39 is 24.3 Å². The van der Waals surface area contributed by atoms with Crippen molar-refractivity contribution in [3.05, 3.63) is 85.1 Å². The van der Waals surface area contributed by atoms with Gasteiger partial charge in [0, 0.05) is 12.8 Å². The Kier molecular flexibility index (Phi) is 40.6. The average molecular weight is 854 g/mol. The number of allylic oxidation sites excluding steroid dienone is 14. The average Bonchev–Trinajstić information content (AvgIpc) is 3.22. The quantitative estimate of drug-likeness (QED) is 0.0196. The van der Waals surface area contributed by atoms with Crippen LogP contribution >= 0.6 is 0 Å². The van der Waals surface area contributed by atoms with Gasteiger partial charge in [0.2, 0.25) is 0 Å². The third-order valence-electron chi connectivity index (χ3n) is 9.63. The zero-order chi connectivity index (χ0) is 44.9. The zero-order valence-electron chi connectivity index (χ0n) is 39.2. The Morgan fingerprint density at radius 1 is 0.508 bits per heavy atom. The summed E-state index contributed by atoms with van der Waals surface area (Å²) in [6, 6.07) is 0. The van der Waals surface area contributed by atoms with Crippen LogP contribution in [-0.4, -0.2) is 82.3 Å². The molecular formula is C52H87NO8. The molecule has 0 rings (SSSR count). The Morgan fingerprint density at radius 2 is 0.934 bits per heavy atom. The van der Waals surface area contributed by atoms with E-state index in [2.05, 4.69) is 98.9 Å². The lowest BCUT2D eigenvalue weighted by atomic mass is 10.1. The van der Waals surface area contributed by atoms with E-state index in [1.54, 1.807) is 0 Å². The highest BCUT2D eigenvalue weighted by Gasteiger charge is 2.21. The van der Waals surface area contributed by atoms with Crippen molar-refractivity contribution in [3.63, 3.8) is 0 Å². The topological polar surface area (TPSA) is 111 Å². The number of carboxylic acid groups (broad SMARTS) is 1. The summed E-state index contributed by atoms with van der Waals surface area (Å²) in [5, 5.41) is 11.7. The molecule has 0 bridgehead atoms. The fourth-order valence-corrected chi connectivity index (χ4v) is 5.94. The molecule has 0 aromatic rings. The third kappa shape index (κ3) is 44.3. The number of nitrogens with zero attached hydrogens (tertiary/aromatic N) is 1. The van der Waals surface area contributed by atoms with Gasteiger partial charge in [-0.15, -0.1) is 0 Å². The second kappa shape index (κ2) is 43.1. The second-order valence-electron chi connectivity index (χ2n) is 16.7. The summed E-state index contributed by atoms with van der Waals surface area (Å²) >= 11 is 0. The maximum atomic E-state index is 12.8. The first-order valence-electron chi connectivity index (χ1n) is 23.7. The largest absolute Gasteiger partial charge is 0.545 e. The summed E-state index contributed by atoms with van der Waals surface area (Å²) in [6.07, 6.45) is 51.8. The van der Waals surface area contributed by atoms with E-state index in [0.29, 0.717) is 17.4 Å². The molecule has 0 spiro atoms. The fourth-order valence-electron chi connectivity index (χ4n) is 5.94. The molecule has 0 aromatic carbocycles. The molecule has 0 saturated heterocycles. The van der Waals surface area contributed by atoms with Crippen LogP contribution < -0.4 is 5.11 Å². The van der Waals surface area contributed by atoms with Gasteiger partial charge in [0.05, 0.1) is 40.3 Å². The SMILES string of the molecule is CC/C=C\C/C=C\C/C=C\C/C=C\C/C=C\CCCCCC(=O)OC(COC(=O)CCCCCCCCC/C=C\C/C=C\CCCCC)COC(OCC[N+](C)(C)C)C(=O)[O-]. The van der Waals surface area contributed by atoms with Crippen LogP contribution in [0.2, 0.25) is 0 Å². The van der Waals surface area contributed by atoms with Crippen molar-refractivity contribution < 1.29 is 42.9 Å². The first kappa shape index (κ1) is 57.5. The van der Waals surface area contributed by atoms with Crippen LogP contribution in [0.1, 0.15) is 168 Å². The van der Waals surface area contributed by atoms with Gasteiger partial charge >= 0.3 is 11.9 Å². The van der Waals surface area contributed by atoms with Crippen LogP contribution in [0, 0.1) is 0 Å². The van der Waals surface area contributed by atoms with Crippen LogP contribution in [0.4, 0.5) is 0 Å². The molecule has 0 N–H and O–H groups in total. The number of aliphatic carboxylic acids is 1. The van der Waals surface area contributed by atoms with E-state index in [1.165, 1.54) is 44.9 Å². The number of carbonyl (C=O) groups is 3. The van der Waals surface area contributed by atoms with Crippen molar-refractivity contribution in [1.82, 2.24) is 0 Å². The second-order valence-corrected chi connectivity index (χ2v) is 16.7. The van der Waals surface area contributed by atoms with Crippen LogP contribution in [-0.2, 0) is 33.3 Å². The Bertz CT molecular complexity index is 1270. The molecule has 2 unspecified atom stereocenters. The minimum atomic E-state index is -1.64. The Morgan fingerprint density at radius 3 is 1.41 bits per heavy atom. The van der Waals surface area contributed by atoms with Crippen LogP contribution in [0.5, 0.6) is 0 Å². The fraction of sp³-hybridized carbons (Fsp3) is 0.673. The van der Waals surface area contributed by atoms with Crippen molar-refractivity contribution in [1.29, 1.82) is 0 Å². The van der Waals surface area contributed by atoms with Crippen molar-refractivity contribution >= 4 is 17.9 Å². The molecule has 0 radical (unpaired) electrons. The maximum absolute atomic E-state index is 12.8. The van der Waals surface area contributed by atoms with Crippen molar-refractivity contribution in [2.45, 2.75) is 180 Å². The molecule has 0 aliphatic carbocycles. The molecule has 9 nitrogen and oxygen atoms in total. The lowest BCUT2D eigenvalue weighted by Gasteiger charge is -2.26. The third-order valence-corrected chi connectivity index (χ3v) is 9.63. The summed E-state index contributed by atoms with van der Waals surface area (Å²) in [7, 11) is 5.89. The summed E-state index contributed by atoms with van der Waals surface area (Å²) in [5.41, 5.74) is 0. The number of hydrogen-bond donors (Lipinski definition) is 0. The number of quaternary nitrogens is 1. The Balaban J connectivity index is 4.50. The summed E-state index contributed by atoms with van der Waals surface area (Å²) in [4.78, 5) is 37.1. The van der Waals surface area contributed by atoms with Crippen LogP contribution in [0.25, 0.3) is 0 Å². The summed E-state index contributed by atoms with van der Waals surface area (Å²) in [6.45, 7) is 4.53. The molecule has 0 aliphatic heterocycles. The molecule has 0 saturated carbocycles. The van der Waals surface area contributed by atoms with E-state index in [1.807, 2.05) is 21.1 Å². The van der Waals surface area contributed by atoms with Gasteiger partial charge in [-0.05, 0) is 89.9 Å². The van der Waals surface area contributed by atoms with Crippen LogP contribution in [0.15, 0.2) is 85.1 Å². The monoisotopic (exact) mass is 854 g/mol. The Labute approximate surface area is 372 Å². The van der Waals surface area contributed by atoms with E-state index in [9.17, 15) is 19.5 Å². The molecule has 0 fully saturated rings. The highest BCUT2D eigenvalue weighted by Crippen LogP contribution is 2.12. The van der Waals surface area contributed by atoms with E-state index in [4.69, 9.17) is 18.9 Å². The normalized spacial score (nSPS) is 13.7. The standard InChI is InChI=1S/C52H87NO8/c1-6-8-10-12-14-16-18-20-22-24-25-27-29-31-33-35-37-39-41-43-50(55)61-48(47-60-52(51(56)57)58-45-44-53(3,4)5)46-59-49(54)42-40-38-36-34-32-30-28-26-23-21-19-17-15-13-11-9-7-2/h8,10,14-17,20-23,25,27,31,33,48,52H,6-7,9,11-13,18-19,24,26,28-30,32,34-47H2,1-5H3/b10-8-,16-14-,17-15-,22-20-,23-21-,27-25-,33-31-. The van der Waals surface area contributed by atoms with Gasteiger partial charge in [0.1, 0.15) is 13.2 Å². The molecule has 0 heterocycles. The maximum Gasteiger partial charge on any atom is 0.306 e. The molecular weight excluding hydrogens is 767 g/mol. The number of esters is 2. The highest BCUT2D eigenvalue weighted by atomic mass is 16.7. The number of rotatable bonds is 42. The van der Waals surface area contributed by atoms with Gasteiger partial charge in [-0.1, -0.05) is 150 Å². The number of hydrogen-bond acceptors (Lipinski definition) is 8. The molecule has 348 valence electrons. The lowest BCUT2D eigenvalue weighted by molar-refractivity contribution is -0.870. The first-order valence-corrected chi connectivity index (χ1v) is 23.7. The zero-order valence-corrected chi connectivity index (χ0v) is 39.2. The predicted octanol–water partition coefficient (Wildman–Crippen LogP) is 11.6. The van der Waals surface area contributed by atoms with Gasteiger partial charge in [-0.25, -0.2) is 0 Å².